The second kappa shape index (κ2) is 8.22. The molecule has 0 atom stereocenters. The third kappa shape index (κ3) is 3.74. The predicted octanol–water partition coefficient (Wildman–Crippen LogP) is 3.29. The number of aromatic amines is 1. The van der Waals surface area contributed by atoms with Gasteiger partial charge >= 0.3 is 0 Å². The molecule has 0 aliphatic carbocycles. The largest absolute Gasteiger partial charge is 0.508 e. The SMILES string of the molecule is C=CC(=O)N1CCN(c2n[nH]c3c2CCN(c2cc(O)cc(Cl)c2C(C)C)C3)CC1. The number of H-pyrrole nitrogens is 1. The van der Waals surface area contributed by atoms with E-state index in [2.05, 4.69) is 40.4 Å². The van der Waals surface area contributed by atoms with E-state index in [4.69, 9.17) is 11.6 Å². The van der Waals surface area contributed by atoms with E-state index in [9.17, 15) is 9.90 Å². The maximum absolute atomic E-state index is 11.8. The van der Waals surface area contributed by atoms with Crippen molar-refractivity contribution in [2.75, 3.05) is 42.5 Å². The first-order chi connectivity index (χ1) is 14.4. The second-order valence-corrected chi connectivity index (χ2v) is 8.61. The number of carbonyl (C=O) groups excluding carboxylic acids is 1. The molecule has 0 saturated carbocycles. The maximum atomic E-state index is 11.8. The van der Waals surface area contributed by atoms with Crippen molar-refractivity contribution in [3.05, 3.63) is 46.6 Å². The summed E-state index contributed by atoms with van der Waals surface area (Å²) in [6, 6.07) is 3.42. The lowest BCUT2D eigenvalue weighted by Gasteiger charge is -2.36. The van der Waals surface area contributed by atoms with Gasteiger partial charge in [0, 0.05) is 55.1 Å². The molecule has 1 aromatic carbocycles. The molecule has 3 heterocycles. The van der Waals surface area contributed by atoms with Crippen molar-refractivity contribution < 1.29 is 9.90 Å². The Balaban J connectivity index is 1.53. The van der Waals surface area contributed by atoms with E-state index in [0.29, 0.717) is 24.7 Å². The van der Waals surface area contributed by atoms with Crippen LogP contribution >= 0.6 is 11.6 Å². The molecule has 7 nitrogen and oxygen atoms in total. The van der Waals surface area contributed by atoms with E-state index < -0.39 is 0 Å². The van der Waals surface area contributed by atoms with E-state index in [1.807, 2.05) is 4.90 Å². The fraction of sp³-hybridized carbons (Fsp3) is 0.455. The molecule has 8 heteroatoms. The van der Waals surface area contributed by atoms with Gasteiger partial charge in [-0.15, -0.1) is 0 Å². The summed E-state index contributed by atoms with van der Waals surface area (Å²) in [6.07, 6.45) is 2.23. The number of phenolic OH excluding ortho intramolecular Hbond substituents is 1. The van der Waals surface area contributed by atoms with Crippen LogP contribution in [0.3, 0.4) is 0 Å². The zero-order valence-electron chi connectivity index (χ0n) is 17.5. The van der Waals surface area contributed by atoms with Gasteiger partial charge in [0.15, 0.2) is 5.82 Å². The van der Waals surface area contributed by atoms with E-state index >= 15 is 0 Å². The standard InChI is InChI=1S/C22H28ClN5O2/c1-4-20(30)26-7-9-27(10-8-26)22-16-5-6-28(13-18(16)24-25-22)19-12-15(29)11-17(23)21(19)14(2)3/h4,11-12,14,29H,1,5-10,13H2,2-3H3,(H,24,25). The lowest BCUT2D eigenvalue weighted by molar-refractivity contribution is -0.126. The average molecular weight is 430 g/mol. The molecule has 2 aromatic rings. The van der Waals surface area contributed by atoms with E-state index in [-0.39, 0.29) is 17.6 Å². The molecule has 2 aliphatic heterocycles. The Kier molecular flexibility index (Phi) is 5.64. The molecule has 1 aromatic heterocycles. The monoisotopic (exact) mass is 429 g/mol. The third-order valence-corrected chi connectivity index (χ3v) is 6.30. The quantitative estimate of drug-likeness (QED) is 0.729. The number of anilines is 2. The Morgan fingerprint density at radius 2 is 1.97 bits per heavy atom. The molecule has 1 saturated heterocycles. The summed E-state index contributed by atoms with van der Waals surface area (Å²) in [4.78, 5) is 18.2. The number of aromatic nitrogens is 2. The van der Waals surface area contributed by atoms with Crippen molar-refractivity contribution in [3.63, 3.8) is 0 Å². The third-order valence-electron chi connectivity index (χ3n) is 5.99. The molecule has 4 rings (SSSR count). The number of nitrogens with zero attached hydrogens (tertiary/aromatic N) is 4. The summed E-state index contributed by atoms with van der Waals surface area (Å²) >= 11 is 6.45. The number of carbonyl (C=O) groups is 1. The van der Waals surface area contributed by atoms with Crippen LogP contribution in [0.5, 0.6) is 5.75 Å². The summed E-state index contributed by atoms with van der Waals surface area (Å²) in [5.41, 5.74) is 4.37. The Morgan fingerprint density at radius 1 is 1.23 bits per heavy atom. The molecule has 2 aliphatic rings. The molecule has 0 unspecified atom stereocenters. The smallest absolute Gasteiger partial charge is 0.246 e. The summed E-state index contributed by atoms with van der Waals surface area (Å²) in [5, 5.41) is 18.5. The van der Waals surface area contributed by atoms with Gasteiger partial charge < -0.3 is 19.8 Å². The van der Waals surface area contributed by atoms with Crippen LogP contribution in [0.25, 0.3) is 0 Å². The molecule has 1 fully saturated rings. The highest BCUT2D eigenvalue weighted by atomic mass is 35.5. The molecule has 30 heavy (non-hydrogen) atoms. The lowest BCUT2D eigenvalue weighted by atomic mass is 9.97. The second-order valence-electron chi connectivity index (χ2n) is 8.21. The molecule has 1 amide bonds. The van der Waals surface area contributed by atoms with Crippen LogP contribution < -0.4 is 9.80 Å². The Morgan fingerprint density at radius 3 is 2.63 bits per heavy atom. The highest BCUT2D eigenvalue weighted by Gasteiger charge is 2.29. The summed E-state index contributed by atoms with van der Waals surface area (Å²) in [6.45, 7) is 12.2. The van der Waals surface area contributed by atoms with Gasteiger partial charge in [-0.2, -0.15) is 5.10 Å². The Labute approximate surface area is 181 Å². The minimum atomic E-state index is -0.0138. The average Bonchev–Trinajstić information content (AvgIpc) is 3.15. The van der Waals surface area contributed by atoms with Gasteiger partial charge in [0.1, 0.15) is 5.75 Å². The molecule has 2 N–H and O–H groups in total. The number of piperazine rings is 1. The van der Waals surface area contributed by atoms with E-state index in [1.54, 1.807) is 12.1 Å². The van der Waals surface area contributed by atoms with E-state index in [0.717, 1.165) is 48.8 Å². The number of hydrogen-bond donors (Lipinski definition) is 2. The number of halogens is 1. The van der Waals surface area contributed by atoms with Gasteiger partial charge in [-0.25, -0.2) is 0 Å². The molecular weight excluding hydrogens is 402 g/mol. The van der Waals surface area contributed by atoms with Crippen LogP contribution in [-0.4, -0.2) is 58.8 Å². The van der Waals surface area contributed by atoms with Crippen molar-refractivity contribution in [2.24, 2.45) is 0 Å². The Hall–Kier alpha value is -2.67. The van der Waals surface area contributed by atoms with Crippen molar-refractivity contribution in [2.45, 2.75) is 32.7 Å². The van der Waals surface area contributed by atoms with Crippen molar-refractivity contribution in [1.29, 1.82) is 0 Å². The van der Waals surface area contributed by atoms with Gasteiger partial charge in [0.05, 0.1) is 12.2 Å². The van der Waals surface area contributed by atoms with Gasteiger partial charge in [-0.1, -0.05) is 32.0 Å². The topological polar surface area (TPSA) is 75.7 Å². The van der Waals surface area contributed by atoms with Gasteiger partial charge in [0.25, 0.3) is 0 Å². The minimum absolute atomic E-state index is 0.0138. The summed E-state index contributed by atoms with van der Waals surface area (Å²) < 4.78 is 0. The zero-order valence-corrected chi connectivity index (χ0v) is 18.2. The van der Waals surface area contributed by atoms with Crippen molar-refractivity contribution >= 4 is 29.0 Å². The Bertz CT molecular complexity index is 963. The van der Waals surface area contributed by atoms with E-state index in [1.165, 1.54) is 11.6 Å². The minimum Gasteiger partial charge on any atom is -0.508 e. The molecule has 160 valence electrons. The number of phenols is 1. The van der Waals surface area contributed by atoms with Crippen LogP contribution in [0, 0.1) is 0 Å². The normalized spacial score (nSPS) is 16.7. The first kappa shape index (κ1) is 20.6. The first-order valence-corrected chi connectivity index (χ1v) is 10.8. The number of aromatic hydroxyl groups is 1. The first-order valence-electron chi connectivity index (χ1n) is 10.4. The molecule has 0 bridgehead atoms. The highest BCUT2D eigenvalue weighted by Crippen LogP contribution is 2.39. The maximum Gasteiger partial charge on any atom is 0.246 e. The molecule has 0 radical (unpaired) electrons. The van der Waals surface area contributed by atoms with Crippen molar-refractivity contribution in [3.8, 4) is 5.75 Å². The number of rotatable bonds is 4. The highest BCUT2D eigenvalue weighted by molar-refractivity contribution is 6.32. The van der Waals surface area contributed by atoms with Crippen molar-refractivity contribution in [1.82, 2.24) is 15.1 Å². The fourth-order valence-corrected chi connectivity index (χ4v) is 4.88. The zero-order chi connectivity index (χ0) is 21.4. The fourth-order valence-electron chi connectivity index (χ4n) is 4.46. The van der Waals surface area contributed by atoms with Crippen LogP contribution in [0.4, 0.5) is 11.5 Å². The van der Waals surface area contributed by atoms with Crippen LogP contribution in [0.2, 0.25) is 5.02 Å². The number of hydrogen-bond acceptors (Lipinski definition) is 5. The molecular formula is C22H28ClN5O2. The number of amides is 1. The van der Waals surface area contributed by atoms with Gasteiger partial charge in [-0.3, -0.25) is 9.89 Å². The lowest BCUT2D eigenvalue weighted by Crippen LogP contribution is -2.48. The number of fused-ring (bicyclic) bond motifs is 1. The van der Waals surface area contributed by atoms with Crippen LogP contribution in [0.15, 0.2) is 24.8 Å². The van der Waals surface area contributed by atoms with Crippen LogP contribution in [0.1, 0.15) is 36.6 Å². The molecule has 0 spiro atoms. The number of nitrogens with one attached hydrogen (secondary N) is 1. The summed E-state index contributed by atoms with van der Waals surface area (Å²) in [7, 11) is 0. The summed E-state index contributed by atoms with van der Waals surface area (Å²) in [5.74, 6) is 1.41. The van der Waals surface area contributed by atoms with Crippen LogP contribution in [-0.2, 0) is 17.8 Å². The number of benzene rings is 1. The van der Waals surface area contributed by atoms with Gasteiger partial charge in [0.2, 0.25) is 5.91 Å². The predicted molar refractivity (Wildman–Crippen MR) is 120 cm³/mol. The van der Waals surface area contributed by atoms with Gasteiger partial charge in [-0.05, 0) is 30.0 Å².